The maximum atomic E-state index is 13.1. The van der Waals surface area contributed by atoms with Crippen LogP contribution < -0.4 is 21.2 Å². The quantitative estimate of drug-likeness (QED) is 0.492. The lowest BCUT2D eigenvalue weighted by molar-refractivity contribution is -0.192. The van der Waals surface area contributed by atoms with Gasteiger partial charge in [0.05, 0.1) is 16.7 Å². The number of hydrogen-bond acceptors (Lipinski definition) is 7. The van der Waals surface area contributed by atoms with Crippen LogP contribution in [0, 0.1) is 0 Å². The van der Waals surface area contributed by atoms with Crippen LogP contribution in [0.3, 0.4) is 0 Å². The number of imide groups is 1. The molecule has 3 aliphatic rings. The Kier molecular flexibility index (Phi) is 7.09. The van der Waals surface area contributed by atoms with Crippen LogP contribution in [0.5, 0.6) is 0 Å². The average Bonchev–Trinajstić information content (AvgIpc) is 3.03. The van der Waals surface area contributed by atoms with Gasteiger partial charge in [0.1, 0.15) is 6.04 Å². The second kappa shape index (κ2) is 9.93. The van der Waals surface area contributed by atoms with Crippen LogP contribution in [0.15, 0.2) is 23.0 Å². The number of fused-ring (bicyclic) bond motifs is 1. The number of imidazole rings is 1. The lowest BCUT2D eigenvalue weighted by Crippen LogP contribution is -2.61. The first-order valence-corrected chi connectivity index (χ1v) is 11.5. The Labute approximate surface area is 203 Å². The number of anilines is 1. The molecule has 11 nitrogen and oxygen atoms in total. The van der Waals surface area contributed by atoms with Crippen molar-refractivity contribution in [2.24, 2.45) is 7.05 Å². The normalized spacial score (nSPS) is 21.6. The number of hydrogen-bond donors (Lipinski definition) is 3. The molecule has 0 saturated carbocycles. The van der Waals surface area contributed by atoms with E-state index in [2.05, 4.69) is 26.5 Å². The average molecular weight is 512 g/mol. The van der Waals surface area contributed by atoms with Crippen molar-refractivity contribution < 1.29 is 32.7 Å². The Morgan fingerprint density at radius 3 is 2.25 bits per heavy atom. The zero-order chi connectivity index (χ0) is 26.2. The molecule has 0 spiro atoms. The number of amides is 2. The molecule has 14 heteroatoms. The lowest BCUT2D eigenvalue weighted by Gasteiger charge is -2.44. The predicted molar refractivity (Wildman–Crippen MR) is 123 cm³/mol. The third kappa shape index (κ3) is 4.95. The van der Waals surface area contributed by atoms with Crippen molar-refractivity contribution in [1.82, 2.24) is 24.7 Å². The minimum absolute atomic E-state index is 0.221. The largest absolute Gasteiger partial charge is 0.490 e. The standard InChI is InChI=1S/C20H26N6O3.C2HF3O2/c1-23-18-14(25-9-7-24(8-10-25)13-11-21-12-13)3-2-4-15(18)26(20(23)29)16-5-6-17(27)22-19(16)28;3-2(4,5)1(6)7/h2-4,13,16,21H,5-12H2,1H3,(H,22,27,28);(H,6,7). The Hall–Kier alpha value is -3.39. The van der Waals surface area contributed by atoms with E-state index in [-0.39, 0.29) is 18.0 Å². The molecule has 1 aromatic heterocycles. The van der Waals surface area contributed by atoms with E-state index in [0.717, 1.165) is 56.0 Å². The fourth-order valence-electron chi connectivity index (χ4n) is 4.76. The zero-order valence-electron chi connectivity index (χ0n) is 19.5. The number of alkyl halides is 3. The van der Waals surface area contributed by atoms with E-state index in [9.17, 15) is 27.6 Å². The Morgan fingerprint density at radius 1 is 1.08 bits per heavy atom. The maximum absolute atomic E-state index is 13.1. The summed E-state index contributed by atoms with van der Waals surface area (Å²) in [5.41, 5.74) is 2.40. The molecule has 0 aliphatic carbocycles. The van der Waals surface area contributed by atoms with Crippen molar-refractivity contribution in [2.75, 3.05) is 44.2 Å². The number of carbonyl (C=O) groups is 3. The number of piperidine rings is 1. The van der Waals surface area contributed by atoms with Gasteiger partial charge in [0.25, 0.3) is 0 Å². The third-order valence-electron chi connectivity index (χ3n) is 6.78. The van der Waals surface area contributed by atoms with Crippen LogP contribution in [0.1, 0.15) is 18.9 Å². The van der Waals surface area contributed by atoms with Crippen molar-refractivity contribution in [3.8, 4) is 0 Å². The lowest BCUT2D eigenvalue weighted by atomic mass is 10.1. The van der Waals surface area contributed by atoms with Gasteiger partial charge in [-0.15, -0.1) is 0 Å². The first-order chi connectivity index (χ1) is 17.0. The van der Waals surface area contributed by atoms with Gasteiger partial charge in [-0.3, -0.25) is 28.9 Å². The van der Waals surface area contributed by atoms with Gasteiger partial charge in [0.2, 0.25) is 11.8 Å². The summed E-state index contributed by atoms with van der Waals surface area (Å²) in [5.74, 6) is -3.43. The number of piperazine rings is 1. The Morgan fingerprint density at radius 2 is 1.72 bits per heavy atom. The third-order valence-corrected chi connectivity index (χ3v) is 6.78. The fourth-order valence-corrected chi connectivity index (χ4v) is 4.76. The molecule has 1 atom stereocenters. The number of aromatic nitrogens is 2. The highest BCUT2D eigenvalue weighted by atomic mass is 19.4. The van der Waals surface area contributed by atoms with Crippen LogP contribution in [0.2, 0.25) is 0 Å². The summed E-state index contributed by atoms with van der Waals surface area (Å²) in [7, 11) is 1.76. The highest BCUT2D eigenvalue weighted by Crippen LogP contribution is 2.30. The summed E-state index contributed by atoms with van der Waals surface area (Å²) in [6.07, 6.45) is -4.49. The van der Waals surface area contributed by atoms with Gasteiger partial charge in [-0.1, -0.05) is 6.07 Å². The summed E-state index contributed by atoms with van der Waals surface area (Å²) < 4.78 is 34.9. The molecule has 0 radical (unpaired) electrons. The van der Waals surface area contributed by atoms with E-state index in [4.69, 9.17) is 9.90 Å². The van der Waals surface area contributed by atoms with Crippen molar-refractivity contribution in [3.63, 3.8) is 0 Å². The molecule has 5 rings (SSSR count). The molecule has 2 amide bonds. The molecule has 196 valence electrons. The molecule has 3 aliphatic heterocycles. The zero-order valence-corrected chi connectivity index (χ0v) is 19.5. The van der Waals surface area contributed by atoms with Crippen LogP contribution >= 0.6 is 0 Å². The Bertz CT molecular complexity index is 1230. The number of carboxylic acid groups (broad SMARTS) is 1. The van der Waals surface area contributed by atoms with Gasteiger partial charge >= 0.3 is 17.8 Å². The summed E-state index contributed by atoms with van der Waals surface area (Å²) in [6.45, 7) is 5.97. The van der Waals surface area contributed by atoms with E-state index in [1.54, 1.807) is 16.2 Å². The van der Waals surface area contributed by atoms with E-state index in [0.29, 0.717) is 12.5 Å². The molecule has 3 saturated heterocycles. The first-order valence-electron chi connectivity index (χ1n) is 11.5. The number of halogens is 3. The monoisotopic (exact) mass is 512 g/mol. The smallest absolute Gasteiger partial charge is 0.475 e. The highest BCUT2D eigenvalue weighted by Gasteiger charge is 2.38. The summed E-state index contributed by atoms with van der Waals surface area (Å²) in [4.78, 5) is 50.8. The van der Waals surface area contributed by atoms with Crippen molar-refractivity contribution >= 4 is 34.5 Å². The first kappa shape index (κ1) is 25.7. The van der Waals surface area contributed by atoms with Gasteiger partial charge in [-0.05, 0) is 18.6 Å². The van der Waals surface area contributed by atoms with Gasteiger partial charge in [-0.2, -0.15) is 13.2 Å². The number of para-hydroxylation sites is 1. The fraction of sp³-hybridized carbons (Fsp3) is 0.545. The number of nitrogens with one attached hydrogen (secondary N) is 2. The van der Waals surface area contributed by atoms with E-state index < -0.39 is 24.1 Å². The van der Waals surface area contributed by atoms with Crippen molar-refractivity contribution in [1.29, 1.82) is 0 Å². The number of aliphatic carboxylic acids is 1. The minimum atomic E-state index is -5.08. The summed E-state index contributed by atoms with van der Waals surface area (Å²) in [5, 5.41) is 12.8. The van der Waals surface area contributed by atoms with Crippen LogP contribution in [-0.4, -0.2) is 88.4 Å². The number of aryl methyl sites for hydroxylation is 1. The molecule has 2 aromatic rings. The molecule has 1 aromatic carbocycles. The SMILES string of the molecule is Cn1c(=O)n(C2CCC(=O)NC2=O)c2cccc(N3CCN(C4CNC4)CC3)c21.O=C(O)C(F)(F)F. The number of nitrogens with zero attached hydrogens (tertiary/aromatic N) is 4. The molecule has 3 fully saturated rings. The molecule has 4 heterocycles. The summed E-state index contributed by atoms with van der Waals surface area (Å²) >= 11 is 0. The molecule has 3 N–H and O–H groups in total. The van der Waals surface area contributed by atoms with Gasteiger partial charge < -0.3 is 15.3 Å². The number of carbonyl (C=O) groups excluding carboxylic acids is 2. The van der Waals surface area contributed by atoms with Gasteiger partial charge in [0, 0.05) is 58.8 Å². The Balaban J connectivity index is 0.000000384. The van der Waals surface area contributed by atoms with Crippen LogP contribution in [0.4, 0.5) is 18.9 Å². The van der Waals surface area contributed by atoms with Crippen molar-refractivity contribution in [3.05, 3.63) is 28.7 Å². The molecular formula is C22H27F3N6O5. The highest BCUT2D eigenvalue weighted by molar-refractivity contribution is 6.00. The molecule has 36 heavy (non-hydrogen) atoms. The van der Waals surface area contributed by atoms with Crippen LogP contribution in [0.25, 0.3) is 11.0 Å². The minimum Gasteiger partial charge on any atom is -0.475 e. The number of benzene rings is 1. The van der Waals surface area contributed by atoms with Gasteiger partial charge in [-0.25, -0.2) is 9.59 Å². The maximum Gasteiger partial charge on any atom is 0.490 e. The second-order valence-electron chi connectivity index (χ2n) is 8.96. The van der Waals surface area contributed by atoms with E-state index in [1.807, 2.05) is 12.1 Å². The molecular weight excluding hydrogens is 485 g/mol. The van der Waals surface area contributed by atoms with Crippen LogP contribution in [-0.2, 0) is 21.4 Å². The summed E-state index contributed by atoms with van der Waals surface area (Å²) in [6, 6.07) is 5.88. The number of carboxylic acids is 1. The number of rotatable bonds is 3. The van der Waals surface area contributed by atoms with Gasteiger partial charge in [0.15, 0.2) is 0 Å². The second-order valence-corrected chi connectivity index (χ2v) is 8.96. The van der Waals surface area contributed by atoms with E-state index >= 15 is 0 Å². The van der Waals surface area contributed by atoms with E-state index in [1.165, 1.54) is 0 Å². The van der Waals surface area contributed by atoms with Crippen molar-refractivity contribution in [2.45, 2.75) is 31.1 Å². The predicted octanol–water partition coefficient (Wildman–Crippen LogP) is 0.0448. The molecule has 1 unspecified atom stereocenters. The topological polar surface area (TPSA) is 129 Å². The molecule has 0 bridgehead atoms.